The highest BCUT2D eigenvalue weighted by atomic mass is 28.5. The van der Waals surface area contributed by atoms with Gasteiger partial charge in [0.25, 0.3) is 46.4 Å². The van der Waals surface area contributed by atoms with Crippen LogP contribution in [0.1, 0.15) is 85.5 Å². The Morgan fingerprint density at radius 1 is 0.717 bits per heavy atom. The Labute approximate surface area is 302 Å². The van der Waals surface area contributed by atoms with Gasteiger partial charge in [-0.1, -0.05) is 66.2 Å². The molecule has 0 N–H and O–H groups in total. The molecule has 2 saturated heterocycles. The monoisotopic (exact) mass is 830 g/mol. The summed E-state index contributed by atoms with van der Waals surface area (Å²) >= 11 is 0. The lowest BCUT2D eigenvalue weighted by atomic mass is 10.0. The van der Waals surface area contributed by atoms with Gasteiger partial charge < -0.3 is 41.2 Å². The predicted octanol–water partition coefficient (Wildman–Crippen LogP) is 5.04. The summed E-state index contributed by atoms with van der Waals surface area (Å²) < 4.78 is 62.7. The van der Waals surface area contributed by atoms with Gasteiger partial charge in [0.15, 0.2) is 0 Å². The smallest absolute Gasteiger partial charge is 0.409 e. The average Bonchev–Trinajstić information content (AvgIpc) is 2.95. The van der Waals surface area contributed by atoms with Crippen LogP contribution in [0.2, 0.25) is 68.5 Å². The second kappa shape index (κ2) is 25.0. The fourth-order valence-corrected chi connectivity index (χ4v) is 36.0. The van der Waals surface area contributed by atoms with E-state index in [4.69, 9.17) is 41.2 Å². The van der Waals surface area contributed by atoms with E-state index in [0.717, 1.165) is 62.6 Å². The largest absolute Gasteiger partial charge is 0.435 e. The van der Waals surface area contributed by atoms with E-state index in [1.54, 1.807) is 0 Å². The molecule has 46 heavy (non-hydrogen) atoms. The lowest BCUT2D eigenvalue weighted by Crippen LogP contribution is -2.54. The number of hydrogen-bond acceptors (Lipinski definition) is 10. The van der Waals surface area contributed by atoms with Crippen LogP contribution in [0.5, 0.6) is 0 Å². The van der Waals surface area contributed by atoms with Gasteiger partial charge in [0.05, 0.1) is 0 Å². The Hall–Kier alpha value is 1.99. The molecule has 10 nitrogen and oxygen atoms in total. The van der Waals surface area contributed by atoms with Crippen LogP contribution >= 0.6 is 0 Å². The van der Waals surface area contributed by atoms with Gasteiger partial charge >= 0.3 is 37.1 Å². The van der Waals surface area contributed by atoms with E-state index in [-0.39, 0.29) is 10.0 Å². The maximum atomic E-state index is 6.61. The molecule has 0 spiro atoms. The van der Waals surface area contributed by atoms with E-state index in [1.165, 1.54) is 19.3 Å². The summed E-state index contributed by atoms with van der Waals surface area (Å²) in [6.45, 7) is 21.9. The SMILES string of the molecule is CCCC(C)CC[Si]1(C)O[SiH](C)O[Si](C(C)CCCC[Si]O[Si]O[Si]C(CCC)CC[Si]2O[SiH](C)O[SiH](C)O[SiH](C)O2)O[SiH](C)O1. The molecule has 7 unspecified atom stereocenters. The number of hydrogen-bond donors (Lipinski definition) is 0. The maximum absolute atomic E-state index is 6.61. The van der Waals surface area contributed by atoms with Crippen molar-refractivity contribution in [3.05, 3.63) is 0 Å². The fourth-order valence-electron chi connectivity index (χ4n) is 5.65. The first-order valence-electron chi connectivity index (χ1n) is 17.5. The van der Waals surface area contributed by atoms with Crippen molar-refractivity contribution in [2.75, 3.05) is 0 Å². The summed E-state index contributed by atoms with van der Waals surface area (Å²) in [4.78, 5) is 0. The Balaban J connectivity index is 1.59. The topological polar surface area (TPSA) is 92.3 Å². The van der Waals surface area contributed by atoms with E-state index in [9.17, 15) is 0 Å². The Kier molecular flexibility index (Phi) is 24.0. The molecule has 0 aromatic heterocycles. The summed E-state index contributed by atoms with van der Waals surface area (Å²) in [5.74, 6) is 0.719. The third-order valence-electron chi connectivity index (χ3n) is 7.91. The maximum Gasteiger partial charge on any atom is 0.409 e. The zero-order valence-corrected chi connectivity index (χ0v) is 42.0. The summed E-state index contributed by atoms with van der Waals surface area (Å²) in [7, 11) is -12.3. The van der Waals surface area contributed by atoms with E-state index in [1.807, 2.05) is 0 Å². The summed E-state index contributed by atoms with van der Waals surface area (Å²) in [5, 5.41) is 0. The Bertz CT molecular complexity index is 760. The highest BCUT2D eigenvalue weighted by Gasteiger charge is 2.42. The lowest BCUT2D eigenvalue weighted by molar-refractivity contribution is 0.261. The molecule has 0 saturated carbocycles. The van der Waals surface area contributed by atoms with E-state index < -0.39 is 73.5 Å². The lowest BCUT2D eigenvalue weighted by Gasteiger charge is -2.39. The van der Waals surface area contributed by atoms with Gasteiger partial charge in [-0.05, 0) is 93.7 Å². The third kappa shape index (κ3) is 19.6. The van der Waals surface area contributed by atoms with Crippen molar-refractivity contribution in [1.29, 1.82) is 0 Å². The minimum Gasteiger partial charge on any atom is -0.435 e. The number of unbranched alkanes of at least 4 members (excludes halogenated alkanes) is 1. The molecular weight excluding hydrogens is 769 g/mol. The zero-order valence-electron chi connectivity index (χ0n) is 30.2. The van der Waals surface area contributed by atoms with Crippen LogP contribution in [0.15, 0.2) is 0 Å². The predicted molar refractivity (Wildman–Crippen MR) is 206 cm³/mol. The molecule has 2 heterocycles. The molecule has 0 aromatic rings. The first-order chi connectivity index (χ1) is 21.9. The highest BCUT2D eigenvalue weighted by Crippen LogP contribution is 2.29. The molecule has 2 fully saturated rings. The minimum atomic E-state index is -2.23. The van der Waals surface area contributed by atoms with Gasteiger partial charge in [0.2, 0.25) is 19.5 Å². The molecule has 0 amide bonds. The van der Waals surface area contributed by atoms with Crippen LogP contribution in [-0.4, -0.2) is 103 Å². The molecule has 0 bridgehead atoms. The molecule has 7 atom stereocenters. The zero-order chi connectivity index (χ0) is 34.0. The van der Waals surface area contributed by atoms with Crippen molar-refractivity contribution in [3.8, 4) is 0 Å². The van der Waals surface area contributed by atoms with Crippen molar-refractivity contribution in [1.82, 2.24) is 0 Å². The molecule has 0 aromatic carbocycles. The van der Waals surface area contributed by atoms with Crippen LogP contribution in [0.25, 0.3) is 0 Å². The van der Waals surface area contributed by atoms with Crippen LogP contribution in [-0.2, 0) is 41.2 Å². The van der Waals surface area contributed by atoms with Crippen molar-refractivity contribution in [3.63, 3.8) is 0 Å². The van der Waals surface area contributed by atoms with Gasteiger partial charge in [0.1, 0.15) is 0 Å². The fraction of sp³-hybridized carbons (Fsp3) is 1.00. The Morgan fingerprint density at radius 2 is 1.35 bits per heavy atom. The molecule has 8 radical (unpaired) electrons. The second-order valence-corrected chi connectivity index (χ2v) is 35.6. The first kappa shape index (κ1) is 44.1. The standard InChI is InChI=1S/C25H62O10Si11/c1-11-15-23(3)19-22-46(10)34-42(8)32-45(33-43(9)35-46)24(4)17-13-14-20-36-26-38-27-37-25(16-12-2)18-21-44-30-40(6)28-39(5)29-41(7)31-44/h23-25,39-43H,11-22H2,1-10H3. The molecule has 21 heteroatoms. The van der Waals surface area contributed by atoms with E-state index in [2.05, 4.69) is 67.0 Å². The van der Waals surface area contributed by atoms with Gasteiger partial charge in [-0.25, -0.2) is 0 Å². The van der Waals surface area contributed by atoms with Crippen LogP contribution in [0, 0.1) is 5.92 Å². The van der Waals surface area contributed by atoms with Crippen LogP contribution in [0.4, 0.5) is 0 Å². The highest BCUT2D eigenvalue weighted by molar-refractivity contribution is 6.81. The van der Waals surface area contributed by atoms with Gasteiger partial charge in [-0.3, -0.25) is 0 Å². The minimum absolute atomic E-state index is 0.122. The van der Waals surface area contributed by atoms with Crippen molar-refractivity contribution >= 4 is 103 Å². The molecular formula is C25H62O10Si11. The van der Waals surface area contributed by atoms with E-state index >= 15 is 0 Å². The summed E-state index contributed by atoms with van der Waals surface area (Å²) in [6.07, 6.45) is 10.5. The molecule has 2 rings (SSSR count). The van der Waals surface area contributed by atoms with Crippen molar-refractivity contribution < 1.29 is 41.2 Å². The summed E-state index contributed by atoms with van der Waals surface area (Å²) in [5.41, 5.74) is 0.953. The van der Waals surface area contributed by atoms with Gasteiger partial charge in [0, 0.05) is 0 Å². The first-order valence-corrected chi connectivity index (χ1v) is 36.4. The van der Waals surface area contributed by atoms with Gasteiger partial charge in [-0.2, -0.15) is 0 Å². The summed E-state index contributed by atoms with van der Waals surface area (Å²) in [6, 6.07) is 3.09. The normalized spacial score (nSPS) is 31.0. The molecule has 2 aliphatic heterocycles. The third-order valence-corrected chi connectivity index (χ3v) is 36.1. The quantitative estimate of drug-likeness (QED) is 0.116. The van der Waals surface area contributed by atoms with Crippen LogP contribution in [0.3, 0.4) is 0 Å². The molecule has 266 valence electrons. The molecule has 0 aliphatic carbocycles. The van der Waals surface area contributed by atoms with Crippen LogP contribution < -0.4 is 0 Å². The van der Waals surface area contributed by atoms with Crippen molar-refractivity contribution in [2.24, 2.45) is 5.92 Å². The van der Waals surface area contributed by atoms with E-state index in [0.29, 0.717) is 30.6 Å². The Morgan fingerprint density at radius 3 is 1.96 bits per heavy atom. The second-order valence-electron chi connectivity index (χ2n) is 12.8. The number of rotatable bonds is 21. The molecule has 2 aliphatic rings. The van der Waals surface area contributed by atoms with Crippen molar-refractivity contribution in [2.45, 2.75) is 154 Å². The van der Waals surface area contributed by atoms with Gasteiger partial charge in [-0.15, -0.1) is 0 Å². The average molecular weight is 832 g/mol.